The summed E-state index contributed by atoms with van der Waals surface area (Å²) in [4.78, 5) is 12.1. The van der Waals surface area contributed by atoms with Gasteiger partial charge in [0.15, 0.2) is 10.9 Å². The molecule has 0 saturated heterocycles. The maximum atomic E-state index is 12.1. The van der Waals surface area contributed by atoms with Gasteiger partial charge in [-0.25, -0.2) is 0 Å². The van der Waals surface area contributed by atoms with Crippen LogP contribution in [0.1, 0.15) is 20.8 Å². The average molecular weight is 356 g/mol. The fraction of sp³-hybridized carbons (Fsp3) is 0.278. The number of thioether (sulfide) groups is 1. The zero-order valence-corrected chi connectivity index (χ0v) is 15.2. The van der Waals surface area contributed by atoms with Gasteiger partial charge in [0.05, 0.1) is 12.0 Å². The lowest BCUT2D eigenvalue weighted by Gasteiger charge is -2.20. The van der Waals surface area contributed by atoms with Crippen LogP contribution >= 0.6 is 11.8 Å². The summed E-state index contributed by atoms with van der Waals surface area (Å²) in [7, 11) is 0. The molecule has 25 heavy (non-hydrogen) atoms. The van der Waals surface area contributed by atoms with Crippen LogP contribution in [0.15, 0.2) is 58.3 Å². The van der Waals surface area contributed by atoms with Gasteiger partial charge in [-0.2, -0.15) is 0 Å². The van der Waals surface area contributed by atoms with Gasteiger partial charge >= 0.3 is 0 Å². The number of hydrogen-bond donors (Lipinski definition) is 1. The van der Waals surface area contributed by atoms with Crippen LogP contribution in [0.2, 0.25) is 0 Å². The van der Waals surface area contributed by atoms with E-state index in [9.17, 15) is 4.79 Å². The number of nitrogens with one attached hydrogen (secondary N) is 1. The Morgan fingerprint density at radius 2 is 1.92 bits per heavy atom. The summed E-state index contributed by atoms with van der Waals surface area (Å²) in [6.07, 6.45) is 1.60. The van der Waals surface area contributed by atoms with Crippen molar-refractivity contribution in [2.24, 2.45) is 0 Å². The molecule has 0 fully saturated rings. The number of benzene rings is 1. The minimum absolute atomic E-state index is 0.0420. The van der Waals surface area contributed by atoms with Gasteiger partial charge in [-0.05, 0) is 45.0 Å². The van der Waals surface area contributed by atoms with Crippen molar-refractivity contribution in [3.63, 3.8) is 0 Å². The molecule has 3 rings (SSSR count). The second-order valence-electron chi connectivity index (χ2n) is 6.54. The van der Waals surface area contributed by atoms with Crippen molar-refractivity contribution < 1.29 is 9.21 Å². The predicted octanol–water partition coefficient (Wildman–Crippen LogP) is 3.53. The molecular formula is C18H20N4O2S. The highest BCUT2D eigenvalue weighted by atomic mass is 32.2. The quantitative estimate of drug-likeness (QED) is 0.708. The molecule has 7 heteroatoms. The molecule has 3 aromatic rings. The first-order chi connectivity index (χ1) is 11.9. The molecule has 1 N–H and O–H groups in total. The molecule has 2 aromatic heterocycles. The van der Waals surface area contributed by atoms with Crippen molar-refractivity contribution in [2.45, 2.75) is 31.5 Å². The molecule has 0 bridgehead atoms. The molecule has 1 aromatic carbocycles. The number of carbonyl (C=O) groups is 1. The number of para-hydroxylation sites is 1. The Labute approximate surface area is 150 Å². The Hall–Kier alpha value is -2.54. The van der Waals surface area contributed by atoms with E-state index in [0.29, 0.717) is 16.7 Å². The average Bonchev–Trinajstić information content (AvgIpc) is 3.21. The van der Waals surface area contributed by atoms with Crippen molar-refractivity contribution in [1.29, 1.82) is 0 Å². The van der Waals surface area contributed by atoms with E-state index in [1.807, 2.05) is 67.8 Å². The number of carbonyl (C=O) groups excluding carboxylic acids is 1. The second-order valence-corrected chi connectivity index (χ2v) is 7.48. The Morgan fingerprint density at radius 1 is 1.16 bits per heavy atom. The number of furan rings is 1. The molecule has 130 valence electrons. The molecule has 0 atom stereocenters. The smallest absolute Gasteiger partial charge is 0.230 e. The molecule has 6 nitrogen and oxygen atoms in total. The fourth-order valence-electron chi connectivity index (χ4n) is 2.32. The van der Waals surface area contributed by atoms with Crippen LogP contribution in [-0.2, 0) is 4.79 Å². The highest BCUT2D eigenvalue weighted by molar-refractivity contribution is 7.99. The van der Waals surface area contributed by atoms with E-state index in [-0.39, 0.29) is 17.2 Å². The van der Waals surface area contributed by atoms with Crippen LogP contribution < -0.4 is 5.32 Å². The zero-order valence-electron chi connectivity index (χ0n) is 14.4. The molecule has 0 aliphatic carbocycles. The van der Waals surface area contributed by atoms with Crippen LogP contribution in [-0.4, -0.2) is 32.0 Å². The third kappa shape index (κ3) is 4.30. The first-order valence-electron chi connectivity index (χ1n) is 7.92. The van der Waals surface area contributed by atoms with Crippen molar-refractivity contribution in [3.05, 3.63) is 48.7 Å². The van der Waals surface area contributed by atoms with Crippen LogP contribution in [0.25, 0.3) is 17.3 Å². The van der Waals surface area contributed by atoms with Crippen LogP contribution in [0.5, 0.6) is 0 Å². The summed E-state index contributed by atoms with van der Waals surface area (Å²) in [5.74, 6) is 1.46. The highest BCUT2D eigenvalue weighted by Gasteiger charge is 2.20. The highest BCUT2D eigenvalue weighted by Crippen LogP contribution is 2.28. The summed E-state index contributed by atoms with van der Waals surface area (Å²) < 4.78 is 7.37. The van der Waals surface area contributed by atoms with E-state index < -0.39 is 0 Å². The molecule has 0 aliphatic rings. The number of amides is 1. The van der Waals surface area contributed by atoms with Crippen LogP contribution in [0, 0.1) is 0 Å². The van der Waals surface area contributed by atoms with Crippen molar-refractivity contribution in [1.82, 2.24) is 20.1 Å². The minimum atomic E-state index is -0.260. The van der Waals surface area contributed by atoms with Gasteiger partial charge in [0.2, 0.25) is 11.7 Å². The zero-order chi connectivity index (χ0) is 17.9. The lowest BCUT2D eigenvalue weighted by Crippen LogP contribution is -2.41. The topological polar surface area (TPSA) is 73.0 Å². The Kier molecular flexibility index (Phi) is 4.94. The van der Waals surface area contributed by atoms with Gasteiger partial charge in [-0.1, -0.05) is 30.0 Å². The SMILES string of the molecule is CC(C)(C)NC(=O)CSc1nnc(-c2ccco2)n1-c1ccccc1. The summed E-state index contributed by atoms with van der Waals surface area (Å²) in [6, 6.07) is 13.4. The largest absolute Gasteiger partial charge is 0.461 e. The molecule has 1 amide bonds. The van der Waals surface area contributed by atoms with Gasteiger partial charge in [0, 0.05) is 11.2 Å². The number of rotatable bonds is 5. The maximum absolute atomic E-state index is 12.1. The third-order valence-electron chi connectivity index (χ3n) is 3.24. The fourth-order valence-corrected chi connectivity index (χ4v) is 3.07. The standard InChI is InChI=1S/C18H20N4O2S/c1-18(2,3)19-15(23)12-25-17-21-20-16(14-10-7-11-24-14)22(17)13-8-5-4-6-9-13/h4-11H,12H2,1-3H3,(H,19,23). The molecule has 0 aliphatic heterocycles. The monoisotopic (exact) mass is 356 g/mol. The number of hydrogen-bond acceptors (Lipinski definition) is 5. The van der Waals surface area contributed by atoms with Crippen LogP contribution in [0.3, 0.4) is 0 Å². The lowest BCUT2D eigenvalue weighted by molar-refractivity contribution is -0.119. The Balaban J connectivity index is 1.88. The summed E-state index contributed by atoms with van der Waals surface area (Å²) >= 11 is 1.34. The molecule has 2 heterocycles. The third-order valence-corrected chi connectivity index (χ3v) is 4.17. The van der Waals surface area contributed by atoms with Gasteiger partial charge in [0.25, 0.3) is 0 Å². The van der Waals surface area contributed by atoms with Crippen molar-refractivity contribution >= 4 is 17.7 Å². The summed E-state index contributed by atoms with van der Waals surface area (Å²) in [5, 5.41) is 12.1. The normalized spacial score (nSPS) is 11.5. The first-order valence-corrected chi connectivity index (χ1v) is 8.91. The predicted molar refractivity (Wildman–Crippen MR) is 97.7 cm³/mol. The van der Waals surface area contributed by atoms with E-state index in [2.05, 4.69) is 15.5 Å². The van der Waals surface area contributed by atoms with Gasteiger partial charge in [0.1, 0.15) is 0 Å². The van der Waals surface area contributed by atoms with Crippen molar-refractivity contribution in [3.8, 4) is 17.3 Å². The van der Waals surface area contributed by atoms with E-state index >= 15 is 0 Å². The number of nitrogens with zero attached hydrogens (tertiary/aromatic N) is 3. The van der Waals surface area contributed by atoms with E-state index in [1.165, 1.54) is 11.8 Å². The second kappa shape index (κ2) is 7.14. The molecule has 0 radical (unpaired) electrons. The van der Waals surface area contributed by atoms with E-state index in [1.54, 1.807) is 6.26 Å². The Morgan fingerprint density at radius 3 is 2.56 bits per heavy atom. The lowest BCUT2D eigenvalue weighted by atomic mass is 10.1. The molecular weight excluding hydrogens is 336 g/mol. The van der Waals surface area contributed by atoms with E-state index in [4.69, 9.17) is 4.42 Å². The minimum Gasteiger partial charge on any atom is -0.461 e. The molecule has 0 spiro atoms. The molecule has 0 saturated carbocycles. The summed E-state index contributed by atoms with van der Waals surface area (Å²) in [5.41, 5.74) is 0.655. The van der Waals surface area contributed by atoms with Crippen molar-refractivity contribution in [2.75, 3.05) is 5.75 Å². The van der Waals surface area contributed by atoms with E-state index in [0.717, 1.165) is 5.69 Å². The maximum Gasteiger partial charge on any atom is 0.230 e. The first kappa shape index (κ1) is 17.3. The molecule has 0 unspecified atom stereocenters. The van der Waals surface area contributed by atoms with Gasteiger partial charge < -0.3 is 9.73 Å². The summed E-state index contributed by atoms with van der Waals surface area (Å²) in [6.45, 7) is 5.87. The van der Waals surface area contributed by atoms with Gasteiger partial charge in [-0.3, -0.25) is 9.36 Å². The Bertz CT molecular complexity index is 836. The number of aromatic nitrogens is 3. The van der Waals surface area contributed by atoms with Crippen LogP contribution in [0.4, 0.5) is 0 Å². The van der Waals surface area contributed by atoms with Gasteiger partial charge in [-0.15, -0.1) is 10.2 Å².